The normalized spacial score (nSPS) is 11.5. The molecule has 0 saturated carbocycles. The van der Waals surface area contributed by atoms with Gasteiger partial charge in [-0.25, -0.2) is 13.1 Å². The van der Waals surface area contributed by atoms with Crippen molar-refractivity contribution in [3.63, 3.8) is 0 Å². The van der Waals surface area contributed by atoms with Gasteiger partial charge in [-0.2, -0.15) is 0 Å². The third-order valence-electron chi connectivity index (χ3n) is 2.87. The van der Waals surface area contributed by atoms with E-state index in [2.05, 4.69) is 17.0 Å². The van der Waals surface area contributed by atoms with Gasteiger partial charge in [-0.3, -0.25) is 0 Å². The second kappa shape index (κ2) is 8.94. The average molecular weight is 300 g/mol. The summed E-state index contributed by atoms with van der Waals surface area (Å²) in [6, 6.07) is 6.71. The minimum absolute atomic E-state index is 0.272. The summed E-state index contributed by atoms with van der Waals surface area (Å²) in [5, 5.41) is 3.24. The quantitative estimate of drug-likeness (QED) is 0.650. The highest BCUT2D eigenvalue weighted by Gasteiger charge is 2.09. The van der Waals surface area contributed by atoms with Crippen molar-refractivity contribution in [2.45, 2.75) is 31.1 Å². The first-order valence-electron chi connectivity index (χ1n) is 6.95. The summed E-state index contributed by atoms with van der Waals surface area (Å²) in [6.07, 6.45) is 3.19. The predicted molar refractivity (Wildman–Crippen MR) is 81.5 cm³/mol. The van der Waals surface area contributed by atoms with Crippen LogP contribution in [-0.4, -0.2) is 35.2 Å². The summed E-state index contributed by atoms with van der Waals surface area (Å²) in [4.78, 5) is 0.272. The summed E-state index contributed by atoms with van der Waals surface area (Å²) >= 11 is 0. The van der Waals surface area contributed by atoms with Crippen LogP contribution in [0.3, 0.4) is 0 Å². The Bertz CT molecular complexity index is 472. The first-order valence-corrected chi connectivity index (χ1v) is 8.43. The van der Waals surface area contributed by atoms with Crippen LogP contribution in [0.4, 0.5) is 5.69 Å². The van der Waals surface area contributed by atoms with Crippen LogP contribution in [0.15, 0.2) is 29.2 Å². The number of hydrogen-bond donors (Lipinski definition) is 2. The molecule has 5 nitrogen and oxygen atoms in total. The number of anilines is 1. The molecule has 0 atom stereocenters. The fourth-order valence-corrected chi connectivity index (χ4v) is 2.36. The zero-order valence-corrected chi connectivity index (χ0v) is 13.0. The standard InChI is InChI=1S/C14H24N2O3S/c1-3-4-11-19-12-5-10-16-13-6-8-14(9-7-13)20(17,18)15-2/h6-9,15-16H,3-5,10-12H2,1-2H3. The number of rotatable bonds is 10. The van der Waals surface area contributed by atoms with E-state index in [1.165, 1.54) is 7.05 Å². The fraction of sp³-hybridized carbons (Fsp3) is 0.571. The molecule has 0 radical (unpaired) electrons. The lowest BCUT2D eigenvalue weighted by Gasteiger charge is -2.08. The molecular weight excluding hydrogens is 276 g/mol. The van der Waals surface area contributed by atoms with E-state index in [0.29, 0.717) is 0 Å². The van der Waals surface area contributed by atoms with Gasteiger partial charge in [0.15, 0.2) is 0 Å². The van der Waals surface area contributed by atoms with E-state index in [1.54, 1.807) is 24.3 Å². The molecule has 2 N–H and O–H groups in total. The van der Waals surface area contributed by atoms with Crippen LogP contribution in [0, 0.1) is 0 Å². The van der Waals surface area contributed by atoms with E-state index < -0.39 is 10.0 Å². The summed E-state index contributed by atoms with van der Waals surface area (Å²) in [5.41, 5.74) is 0.911. The Kier molecular flexibility index (Phi) is 7.58. The number of ether oxygens (including phenoxy) is 1. The lowest BCUT2D eigenvalue weighted by molar-refractivity contribution is 0.131. The predicted octanol–water partition coefficient (Wildman–Crippen LogP) is 2.21. The number of unbranched alkanes of at least 4 members (excludes halogenated alkanes) is 1. The van der Waals surface area contributed by atoms with Gasteiger partial charge in [-0.15, -0.1) is 0 Å². The molecule has 0 amide bonds. The van der Waals surface area contributed by atoms with Crippen molar-refractivity contribution in [1.29, 1.82) is 0 Å². The number of hydrogen-bond acceptors (Lipinski definition) is 4. The van der Waals surface area contributed by atoms with Crippen LogP contribution in [-0.2, 0) is 14.8 Å². The number of benzene rings is 1. The molecule has 6 heteroatoms. The van der Waals surface area contributed by atoms with Gasteiger partial charge in [0.05, 0.1) is 4.90 Å². The summed E-state index contributed by atoms with van der Waals surface area (Å²) in [7, 11) is -1.95. The molecule has 0 fully saturated rings. The Morgan fingerprint density at radius 2 is 1.75 bits per heavy atom. The number of sulfonamides is 1. The maximum Gasteiger partial charge on any atom is 0.240 e. The van der Waals surface area contributed by atoms with Crippen LogP contribution in [0.5, 0.6) is 0 Å². The van der Waals surface area contributed by atoms with Crippen molar-refractivity contribution in [2.24, 2.45) is 0 Å². The fourth-order valence-electron chi connectivity index (χ4n) is 1.63. The molecule has 0 unspecified atom stereocenters. The molecule has 1 rings (SSSR count). The van der Waals surface area contributed by atoms with Gasteiger partial charge in [0.1, 0.15) is 0 Å². The minimum Gasteiger partial charge on any atom is -0.385 e. The Balaban J connectivity index is 2.29. The second-order valence-corrected chi connectivity index (χ2v) is 6.36. The Morgan fingerprint density at radius 1 is 1.10 bits per heavy atom. The molecule has 1 aromatic rings. The van der Waals surface area contributed by atoms with Gasteiger partial charge in [0.2, 0.25) is 10.0 Å². The van der Waals surface area contributed by atoms with Crippen molar-refractivity contribution in [1.82, 2.24) is 4.72 Å². The molecule has 0 aliphatic heterocycles. The van der Waals surface area contributed by atoms with Crippen molar-refractivity contribution in [3.8, 4) is 0 Å². The summed E-state index contributed by atoms with van der Waals surface area (Å²) in [5.74, 6) is 0. The molecule has 1 aromatic carbocycles. The number of nitrogens with one attached hydrogen (secondary N) is 2. The molecule has 0 bridgehead atoms. The van der Waals surface area contributed by atoms with Crippen molar-refractivity contribution >= 4 is 15.7 Å². The van der Waals surface area contributed by atoms with Gasteiger partial charge in [0, 0.05) is 25.4 Å². The van der Waals surface area contributed by atoms with Gasteiger partial charge < -0.3 is 10.1 Å². The molecule has 0 heterocycles. The molecule has 0 saturated heterocycles. The van der Waals surface area contributed by atoms with E-state index in [4.69, 9.17) is 4.74 Å². The van der Waals surface area contributed by atoms with Crippen LogP contribution in [0.2, 0.25) is 0 Å². The third kappa shape index (κ3) is 5.90. The Hall–Kier alpha value is -1.11. The molecule has 0 aliphatic rings. The monoisotopic (exact) mass is 300 g/mol. The zero-order valence-electron chi connectivity index (χ0n) is 12.2. The van der Waals surface area contributed by atoms with Gasteiger partial charge >= 0.3 is 0 Å². The molecule has 0 aliphatic carbocycles. The molecule has 0 aromatic heterocycles. The summed E-state index contributed by atoms with van der Waals surface area (Å²) in [6.45, 7) is 4.53. The Labute approximate surface area is 121 Å². The maximum absolute atomic E-state index is 11.5. The highest BCUT2D eigenvalue weighted by atomic mass is 32.2. The molecule has 20 heavy (non-hydrogen) atoms. The first-order chi connectivity index (χ1) is 9.60. The lowest BCUT2D eigenvalue weighted by atomic mass is 10.3. The van der Waals surface area contributed by atoms with E-state index >= 15 is 0 Å². The molecule has 0 spiro atoms. The SMILES string of the molecule is CCCCOCCCNc1ccc(S(=O)(=O)NC)cc1. The highest BCUT2D eigenvalue weighted by Crippen LogP contribution is 2.13. The summed E-state index contributed by atoms with van der Waals surface area (Å²) < 4.78 is 30.9. The van der Waals surface area contributed by atoms with E-state index in [9.17, 15) is 8.42 Å². The first kappa shape index (κ1) is 16.9. The zero-order chi connectivity index (χ0) is 14.8. The topological polar surface area (TPSA) is 67.4 Å². The third-order valence-corrected chi connectivity index (χ3v) is 4.30. The van der Waals surface area contributed by atoms with Crippen LogP contribution >= 0.6 is 0 Å². The smallest absolute Gasteiger partial charge is 0.240 e. The van der Waals surface area contributed by atoms with Crippen molar-refractivity contribution in [3.05, 3.63) is 24.3 Å². The lowest BCUT2D eigenvalue weighted by Crippen LogP contribution is -2.18. The van der Waals surface area contributed by atoms with Gasteiger partial charge in [0.25, 0.3) is 0 Å². The van der Waals surface area contributed by atoms with E-state index in [-0.39, 0.29) is 4.90 Å². The highest BCUT2D eigenvalue weighted by molar-refractivity contribution is 7.89. The maximum atomic E-state index is 11.5. The van der Waals surface area contributed by atoms with Crippen LogP contribution in [0.1, 0.15) is 26.2 Å². The largest absolute Gasteiger partial charge is 0.385 e. The van der Waals surface area contributed by atoms with Gasteiger partial charge in [-0.1, -0.05) is 13.3 Å². The second-order valence-electron chi connectivity index (χ2n) is 4.48. The van der Waals surface area contributed by atoms with E-state index in [0.717, 1.165) is 44.7 Å². The van der Waals surface area contributed by atoms with Crippen molar-refractivity contribution in [2.75, 3.05) is 32.1 Å². The van der Waals surface area contributed by atoms with Crippen LogP contribution in [0.25, 0.3) is 0 Å². The van der Waals surface area contributed by atoms with Crippen molar-refractivity contribution < 1.29 is 13.2 Å². The Morgan fingerprint density at radius 3 is 2.35 bits per heavy atom. The molecular formula is C14H24N2O3S. The van der Waals surface area contributed by atoms with Gasteiger partial charge in [-0.05, 0) is 44.2 Å². The van der Waals surface area contributed by atoms with Crippen LogP contribution < -0.4 is 10.0 Å². The average Bonchev–Trinajstić information content (AvgIpc) is 2.47. The molecule has 114 valence electrons. The van der Waals surface area contributed by atoms with E-state index in [1.807, 2.05) is 0 Å². The minimum atomic E-state index is -3.35.